The van der Waals surface area contributed by atoms with Gasteiger partial charge in [-0.05, 0) is 36.9 Å². The van der Waals surface area contributed by atoms with Crippen molar-refractivity contribution in [2.75, 3.05) is 20.3 Å². The molecule has 1 atom stereocenters. The van der Waals surface area contributed by atoms with Gasteiger partial charge < -0.3 is 9.47 Å². The SMILES string of the molecule is COCCOC(=O)C1=C(C)N=c2s/c(=C\c3ccc(C)cc3)c(=O)n2[C@@H]1c1cccs1. The smallest absolute Gasteiger partial charge is 0.338 e. The minimum Gasteiger partial charge on any atom is -0.460 e. The van der Waals surface area contributed by atoms with Crippen LogP contribution in [0.2, 0.25) is 0 Å². The summed E-state index contributed by atoms with van der Waals surface area (Å²) in [6.45, 7) is 4.25. The van der Waals surface area contributed by atoms with E-state index >= 15 is 0 Å². The van der Waals surface area contributed by atoms with Crippen LogP contribution in [0.4, 0.5) is 0 Å². The Labute approximate surface area is 187 Å². The highest BCUT2D eigenvalue weighted by Crippen LogP contribution is 2.33. The molecule has 0 fully saturated rings. The molecule has 160 valence electrons. The average Bonchev–Trinajstić information content (AvgIpc) is 3.38. The molecule has 1 aliphatic rings. The fourth-order valence-corrected chi connectivity index (χ4v) is 5.28. The summed E-state index contributed by atoms with van der Waals surface area (Å²) in [6, 6.07) is 11.2. The summed E-state index contributed by atoms with van der Waals surface area (Å²) in [5.41, 5.74) is 2.87. The van der Waals surface area contributed by atoms with Crippen LogP contribution in [0.25, 0.3) is 6.08 Å². The molecule has 3 heterocycles. The van der Waals surface area contributed by atoms with Crippen molar-refractivity contribution in [1.82, 2.24) is 4.57 Å². The molecular formula is C23H22N2O4S2. The first-order valence-corrected chi connectivity index (χ1v) is 11.5. The number of hydrogen-bond acceptors (Lipinski definition) is 7. The second-order valence-corrected chi connectivity index (χ2v) is 9.12. The summed E-state index contributed by atoms with van der Waals surface area (Å²) in [7, 11) is 1.55. The van der Waals surface area contributed by atoms with Crippen LogP contribution in [0.5, 0.6) is 0 Å². The Morgan fingerprint density at radius 3 is 2.65 bits per heavy atom. The van der Waals surface area contributed by atoms with Gasteiger partial charge in [-0.3, -0.25) is 9.36 Å². The molecule has 0 radical (unpaired) electrons. The lowest BCUT2D eigenvalue weighted by Gasteiger charge is -2.23. The first-order chi connectivity index (χ1) is 15.0. The van der Waals surface area contributed by atoms with E-state index in [1.54, 1.807) is 18.6 Å². The number of carbonyl (C=O) groups is 1. The van der Waals surface area contributed by atoms with Gasteiger partial charge in [0.15, 0.2) is 4.80 Å². The predicted octanol–water partition coefficient (Wildman–Crippen LogP) is 2.79. The molecular weight excluding hydrogens is 432 g/mol. The van der Waals surface area contributed by atoms with E-state index in [0.29, 0.717) is 27.2 Å². The Morgan fingerprint density at radius 2 is 1.97 bits per heavy atom. The number of benzene rings is 1. The predicted molar refractivity (Wildman–Crippen MR) is 122 cm³/mol. The molecule has 0 unspecified atom stereocenters. The molecule has 0 spiro atoms. The van der Waals surface area contributed by atoms with Crippen molar-refractivity contribution in [2.24, 2.45) is 4.99 Å². The normalized spacial score (nSPS) is 16.2. The van der Waals surface area contributed by atoms with Crippen LogP contribution in [0.3, 0.4) is 0 Å². The largest absolute Gasteiger partial charge is 0.460 e. The van der Waals surface area contributed by atoms with Crippen LogP contribution in [0, 0.1) is 6.92 Å². The Morgan fingerprint density at radius 1 is 1.19 bits per heavy atom. The maximum atomic E-state index is 13.4. The highest BCUT2D eigenvalue weighted by Gasteiger charge is 2.33. The van der Waals surface area contributed by atoms with E-state index in [1.165, 1.54) is 22.7 Å². The lowest BCUT2D eigenvalue weighted by molar-refractivity contribution is -0.140. The summed E-state index contributed by atoms with van der Waals surface area (Å²) in [5.74, 6) is -0.482. The lowest BCUT2D eigenvalue weighted by atomic mass is 10.0. The van der Waals surface area contributed by atoms with Gasteiger partial charge in [0.1, 0.15) is 12.6 Å². The number of thiophene rings is 1. The van der Waals surface area contributed by atoms with Gasteiger partial charge in [-0.15, -0.1) is 11.3 Å². The van der Waals surface area contributed by atoms with E-state index < -0.39 is 12.0 Å². The van der Waals surface area contributed by atoms with E-state index in [9.17, 15) is 9.59 Å². The molecule has 1 aromatic carbocycles. The van der Waals surface area contributed by atoms with Gasteiger partial charge in [0.05, 0.1) is 22.4 Å². The second kappa shape index (κ2) is 9.13. The molecule has 4 rings (SSSR count). The minimum atomic E-state index is -0.563. The van der Waals surface area contributed by atoms with Crippen LogP contribution in [0.15, 0.2) is 62.8 Å². The minimum absolute atomic E-state index is 0.140. The van der Waals surface area contributed by atoms with Gasteiger partial charge in [-0.2, -0.15) is 0 Å². The first-order valence-electron chi connectivity index (χ1n) is 9.78. The van der Waals surface area contributed by atoms with Crippen LogP contribution in [-0.2, 0) is 14.3 Å². The zero-order valence-corrected chi connectivity index (χ0v) is 19.1. The van der Waals surface area contributed by atoms with Gasteiger partial charge in [-0.25, -0.2) is 9.79 Å². The molecule has 3 aromatic rings. The van der Waals surface area contributed by atoms with Crippen molar-refractivity contribution in [3.05, 3.63) is 88.7 Å². The summed E-state index contributed by atoms with van der Waals surface area (Å²) >= 11 is 2.82. The number of ether oxygens (including phenoxy) is 2. The van der Waals surface area contributed by atoms with Gasteiger partial charge in [0, 0.05) is 12.0 Å². The standard InChI is InChI=1S/C23H22N2O4S2/c1-14-6-8-16(9-7-14)13-18-21(26)25-20(17-5-4-12-30-17)19(15(2)24-23(25)31-18)22(27)29-11-10-28-3/h4-9,12-13,20H,10-11H2,1-3H3/b18-13-/t20-/m1/s1. The zero-order valence-electron chi connectivity index (χ0n) is 17.5. The van der Waals surface area contributed by atoms with Crippen molar-refractivity contribution in [1.29, 1.82) is 0 Å². The number of rotatable bonds is 6. The second-order valence-electron chi connectivity index (χ2n) is 7.14. The van der Waals surface area contributed by atoms with E-state index in [0.717, 1.165) is 16.0 Å². The third kappa shape index (κ3) is 4.32. The van der Waals surface area contributed by atoms with Gasteiger partial charge in [0.2, 0.25) is 0 Å². The Balaban J connectivity index is 1.84. The van der Waals surface area contributed by atoms with Crippen molar-refractivity contribution in [3.63, 3.8) is 0 Å². The summed E-state index contributed by atoms with van der Waals surface area (Å²) in [5, 5.41) is 1.93. The Bertz CT molecular complexity index is 1300. The highest BCUT2D eigenvalue weighted by atomic mass is 32.1. The van der Waals surface area contributed by atoms with E-state index in [2.05, 4.69) is 4.99 Å². The number of aryl methyl sites for hydroxylation is 1. The van der Waals surface area contributed by atoms with Crippen LogP contribution in [-0.4, -0.2) is 30.9 Å². The highest BCUT2D eigenvalue weighted by molar-refractivity contribution is 7.10. The quantitative estimate of drug-likeness (QED) is 0.424. The van der Waals surface area contributed by atoms with Gasteiger partial charge >= 0.3 is 5.97 Å². The molecule has 2 aromatic heterocycles. The maximum Gasteiger partial charge on any atom is 0.338 e. The van der Waals surface area contributed by atoms with E-state index in [4.69, 9.17) is 9.47 Å². The lowest BCUT2D eigenvalue weighted by Crippen LogP contribution is -2.39. The zero-order chi connectivity index (χ0) is 22.0. The van der Waals surface area contributed by atoms with Crippen molar-refractivity contribution in [2.45, 2.75) is 19.9 Å². The summed E-state index contributed by atoms with van der Waals surface area (Å²) in [6.07, 6.45) is 1.87. The van der Waals surface area contributed by atoms with Crippen molar-refractivity contribution < 1.29 is 14.3 Å². The Kier molecular flexibility index (Phi) is 6.31. The van der Waals surface area contributed by atoms with E-state index in [1.807, 2.05) is 54.8 Å². The number of esters is 1. The fourth-order valence-electron chi connectivity index (χ4n) is 3.41. The molecule has 6 nitrogen and oxygen atoms in total. The number of nitrogens with zero attached hydrogens (tertiary/aromatic N) is 2. The summed E-state index contributed by atoms with van der Waals surface area (Å²) in [4.78, 5) is 32.4. The molecule has 0 bridgehead atoms. The van der Waals surface area contributed by atoms with E-state index in [-0.39, 0.29) is 12.2 Å². The van der Waals surface area contributed by atoms with Gasteiger partial charge in [0.25, 0.3) is 5.56 Å². The van der Waals surface area contributed by atoms with Crippen LogP contribution >= 0.6 is 22.7 Å². The molecule has 0 saturated heterocycles. The number of fused-ring (bicyclic) bond motifs is 1. The number of hydrogen-bond donors (Lipinski definition) is 0. The molecule has 8 heteroatoms. The van der Waals surface area contributed by atoms with Crippen LogP contribution < -0.4 is 14.9 Å². The average molecular weight is 455 g/mol. The molecule has 0 N–H and O–H groups in total. The maximum absolute atomic E-state index is 13.4. The first kappa shape index (κ1) is 21.4. The molecule has 0 amide bonds. The number of thiazole rings is 1. The number of allylic oxidation sites excluding steroid dienone is 1. The van der Waals surface area contributed by atoms with Crippen molar-refractivity contribution in [3.8, 4) is 0 Å². The number of carbonyl (C=O) groups excluding carboxylic acids is 1. The third-order valence-electron chi connectivity index (χ3n) is 4.95. The Hall–Kier alpha value is -2.81. The monoisotopic (exact) mass is 454 g/mol. The van der Waals surface area contributed by atoms with Crippen molar-refractivity contribution >= 4 is 34.7 Å². The molecule has 1 aliphatic heterocycles. The van der Waals surface area contributed by atoms with Crippen LogP contribution in [0.1, 0.15) is 29.0 Å². The topological polar surface area (TPSA) is 69.9 Å². The third-order valence-corrected chi connectivity index (χ3v) is 6.86. The van der Waals surface area contributed by atoms with Gasteiger partial charge in [-0.1, -0.05) is 47.2 Å². The molecule has 0 aliphatic carbocycles. The number of methoxy groups -OCH3 is 1. The fraction of sp³-hybridized carbons (Fsp3) is 0.261. The summed E-state index contributed by atoms with van der Waals surface area (Å²) < 4.78 is 12.6. The molecule has 31 heavy (non-hydrogen) atoms. The molecule has 0 saturated carbocycles. The number of aromatic nitrogens is 1.